The molecule has 0 unspecified atom stereocenters. The highest BCUT2D eigenvalue weighted by atomic mass is 35.5. The van der Waals surface area contributed by atoms with Gasteiger partial charge < -0.3 is 9.73 Å². The highest BCUT2D eigenvalue weighted by Crippen LogP contribution is 2.28. The van der Waals surface area contributed by atoms with Crippen LogP contribution in [0.15, 0.2) is 58.5 Å². The summed E-state index contributed by atoms with van der Waals surface area (Å²) in [6.45, 7) is 0.489. The van der Waals surface area contributed by atoms with Gasteiger partial charge in [-0.3, -0.25) is 0 Å². The van der Waals surface area contributed by atoms with Crippen LogP contribution in [0.4, 0.5) is 0 Å². The fraction of sp³-hybridized carbons (Fsp3) is 0.125. The van der Waals surface area contributed by atoms with Crippen molar-refractivity contribution in [1.82, 2.24) is 14.3 Å². The Morgan fingerprint density at radius 2 is 2.20 bits per heavy atom. The molecule has 0 amide bonds. The van der Waals surface area contributed by atoms with Crippen molar-refractivity contribution in [3.05, 3.63) is 60.4 Å². The Morgan fingerprint density at radius 1 is 1.40 bits per heavy atom. The van der Waals surface area contributed by atoms with Crippen LogP contribution in [-0.4, -0.2) is 24.4 Å². The molecular weight excluding hydrogens is 364 g/mol. The maximum absolute atomic E-state index is 12.9. The van der Waals surface area contributed by atoms with Crippen LogP contribution in [0.1, 0.15) is 11.3 Å². The van der Waals surface area contributed by atoms with Gasteiger partial charge in [0.15, 0.2) is 0 Å². The smallest absolute Gasteiger partial charge is 0.271 e. The van der Waals surface area contributed by atoms with Crippen molar-refractivity contribution >= 4 is 22.4 Å². The lowest BCUT2D eigenvalue weighted by Crippen LogP contribution is -2.13. The average Bonchev–Trinajstić information content (AvgIpc) is 3.25. The molecule has 0 bridgehead atoms. The third-order valence-electron chi connectivity index (χ3n) is 3.46. The Bertz CT molecular complexity index is 1000. The standard InChI is InChI=1S/C16H14N4O3S.ClH/c1-18-9-12-7-16(14-3-2-5-19-15(14)8-17)20(10-12)24(21,22)13-4-6-23-11-13;/h2-7,10-11,18H,9H2,1H3;1H. The van der Waals surface area contributed by atoms with Gasteiger partial charge in [-0.1, -0.05) is 0 Å². The molecule has 0 aliphatic heterocycles. The minimum atomic E-state index is -3.84. The lowest BCUT2D eigenvalue weighted by Gasteiger charge is -2.09. The second-order valence-electron chi connectivity index (χ2n) is 5.04. The molecule has 0 spiro atoms. The van der Waals surface area contributed by atoms with Crippen LogP contribution >= 0.6 is 12.4 Å². The minimum Gasteiger partial charge on any atom is -0.471 e. The van der Waals surface area contributed by atoms with E-state index in [1.54, 1.807) is 25.2 Å². The number of pyridine rings is 1. The predicted molar refractivity (Wildman–Crippen MR) is 93.7 cm³/mol. The van der Waals surface area contributed by atoms with Crippen molar-refractivity contribution in [2.24, 2.45) is 0 Å². The van der Waals surface area contributed by atoms with E-state index < -0.39 is 10.0 Å². The van der Waals surface area contributed by atoms with Gasteiger partial charge in [0, 0.05) is 24.5 Å². The summed E-state index contributed by atoms with van der Waals surface area (Å²) in [6, 6.07) is 8.44. The van der Waals surface area contributed by atoms with Crippen molar-refractivity contribution < 1.29 is 12.8 Å². The number of aromatic nitrogens is 2. The van der Waals surface area contributed by atoms with Gasteiger partial charge in [-0.15, -0.1) is 12.4 Å². The molecule has 0 aliphatic carbocycles. The fourth-order valence-corrected chi connectivity index (χ4v) is 3.72. The summed E-state index contributed by atoms with van der Waals surface area (Å²) in [6.07, 6.45) is 5.50. The summed E-state index contributed by atoms with van der Waals surface area (Å²) in [5.74, 6) is 0. The number of nitrogens with one attached hydrogen (secondary N) is 1. The van der Waals surface area contributed by atoms with E-state index in [1.807, 2.05) is 6.07 Å². The first kappa shape index (κ1) is 18.7. The monoisotopic (exact) mass is 378 g/mol. The van der Waals surface area contributed by atoms with Gasteiger partial charge in [0.05, 0.1) is 12.0 Å². The Labute approximate surface area is 151 Å². The van der Waals surface area contributed by atoms with E-state index in [2.05, 4.69) is 10.3 Å². The first-order valence-corrected chi connectivity index (χ1v) is 8.51. The third-order valence-corrected chi connectivity index (χ3v) is 5.11. The SMILES string of the molecule is CNCc1cc(-c2cccnc2C#N)n(S(=O)(=O)c2ccoc2)c1.Cl. The number of furan rings is 1. The van der Waals surface area contributed by atoms with Gasteiger partial charge in [0.25, 0.3) is 10.0 Å². The maximum Gasteiger partial charge on any atom is 0.271 e. The highest BCUT2D eigenvalue weighted by molar-refractivity contribution is 7.90. The largest absolute Gasteiger partial charge is 0.471 e. The van der Waals surface area contributed by atoms with Gasteiger partial charge in [-0.05, 0) is 36.9 Å². The molecular formula is C16H15ClN4O3S. The van der Waals surface area contributed by atoms with Crippen LogP contribution < -0.4 is 5.32 Å². The molecule has 0 fully saturated rings. The van der Waals surface area contributed by atoms with E-state index in [1.165, 1.54) is 31.0 Å². The molecule has 130 valence electrons. The van der Waals surface area contributed by atoms with Crippen LogP contribution in [0.5, 0.6) is 0 Å². The number of hydrogen-bond acceptors (Lipinski definition) is 6. The molecule has 0 saturated heterocycles. The molecule has 7 nitrogen and oxygen atoms in total. The summed E-state index contributed by atoms with van der Waals surface area (Å²) < 4.78 is 31.8. The van der Waals surface area contributed by atoms with Crippen molar-refractivity contribution in [2.45, 2.75) is 11.4 Å². The lowest BCUT2D eigenvalue weighted by atomic mass is 10.1. The van der Waals surface area contributed by atoms with Gasteiger partial charge in [0.1, 0.15) is 22.9 Å². The number of hydrogen-bond donors (Lipinski definition) is 1. The summed E-state index contributed by atoms with van der Waals surface area (Å²) in [5.41, 5.74) is 1.77. The zero-order valence-electron chi connectivity index (χ0n) is 13.2. The van der Waals surface area contributed by atoms with E-state index in [4.69, 9.17) is 4.42 Å². The Balaban J connectivity index is 0.00000225. The first-order valence-electron chi connectivity index (χ1n) is 7.07. The summed E-state index contributed by atoms with van der Waals surface area (Å²) >= 11 is 0. The summed E-state index contributed by atoms with van der Waals surface area (Å²) in [5, 5.41) is 12.3. The van der Waals surface area contributed by atoms with Gasteiger partial charge in [-0.2, -0.15) is 5.26 Å². The molecule has 1 N–H and O–H groups in total. The highest BCUT2D eigenvalue weighted by Gasteiger charge is 2.24. The van der Waals surface area contributed by atoms with Crippen LogP contribution in [0.2, 0.25) is 0 Å². The predicted octanol–water partition coefficient (Wildman–Crippen LogP) is 2.39. The molecule has 3 aromatic rings. The first-order chi connectivity index (χ1) is 11.6. The molecule has 25 heavy (non-hydrogen) atoms. The van der Waals surface area contributed by atoms with Crippen LogP contribution in [0.3, 0.4) is 0 Å². The number of nitriles is 1. The molecule has 3 aromatic heterocycles. The molecule has 0 radical (unpaired) electrons. The summed E-state index contributed by atoms with van der Waals surface area (Å²) in [4.78, 5) is 4.05. The van der Waals surface area contributed by atoms with Gasteiger partial charge >= 0.3 is 0 Å². The Morgan fingerprint density at radius 3 is 2.84 bits per heavy atom. The van der Waals surface area contributed by atoms with Crippen molar-refractivity contribution in [2.75, 3.05) is 7.05 Å². The average molecular weight is 379 g/mol. The number of nitrogens with zero attached hydrogens (tertiary/aromatic N) is 3. The second-order valence-corrected chi connectivity index (χ2v) is 6.85. The van der Waals surface area contributed by atoms with Crippen molar-refractivity contribution in [1.29, 1.82) is 5.26 Å². The molecule has 0 aliphatic rings. The molecule has 9 heteroatoms. The van der Waals surface area contributed by atoms with E-state index in [9.17, 15) is 13.7 Å². The van der Waals surface area contributed by atoms with E-state index in [-0.39, 0.29) is 23.0 Å². The van der Waals surface area contributed by atoms with E-state index >= 15 is 0 Å². The van der Waals surface area contributed by atoms with Gasteiger partial charge in [0.2, 0.25) is 0 Å². The topological polar surface area (TPSA) is 101 Å². The number of halogens is 1. The van der Waals surface area contributed by atoms with Crippen LogP contribution in [0, 0.1) is 11.3 Å². The Kier molecular flexibility index (Phi) is 5.64. The fourth-order valence-electron chi connectivity index (χ4n) is 2.41. The Hall–Kier alpha value is -2.60. The van der Waals surface area contributed by atoms with Crippen molar-refractivity contribution in [3.63, 3.8) is 0 Å². The van der Waals surface area contributed by atoms with Crippen LogP contribution in [-0.2, 0) is 16.6 Å². The maximum atomic E-state index is 12.9. The molecule has 0 saturated carbocycles. The van der Waals surface area contributed by atoms with E-state index in [0.717, 1.165) is 9.54 Å². The van der Waals surface area contributed by atoms with E-state index in [0.29, 0.717) is 17.8 Å². The normalized spacial score (nSPS) is 10.9. The third kappa shape index (κ3) is 3.44. The zero-order chi connectivity index (χ0) is 17.2. The minimum absolute atomic E-state index is 0. The van der Waals surface area contributed by atoms with Crippen LogP contribution in [0.25, 0.3) is 11.3 Å². The molecule has 0 aromatic carbocycles. The molecule has 3 rings (SSSR count). The zero-order valence-corrected chi connectivity index (χ0v) is 14.8. The number of rotatable bonds is 5. The van der Waals surface area contributed by atoms with Gasteiger partial charge in [-0.25, -0.2) is 17.4 Å². The summed E-state index contributed by atoms with van der Waals surface area (Å²) in [7, 11) is -2.07. The van der Waals surface area contributed by atoms with Crippen molar-refractivity contribution in [3.8, 4) is 17.3 Å². The lowest BCUT2D eigenvalue weighted by molar-refractivity contribution is 0.554. The quantitative estimate of drug-likeness (QED) is 0.731. The molecule has 3 heterocycles. The molecule has 0 atom stereocenters. The second kappa shape index (κ2) is 7.53.